The molecule has 1 aromatic rings. The van der Waals surface area contributed by atoms with Crippen molar-refractivity contribution in [2.24, 2.45) is 0 Å². The summed E-state index contributed by atoms with van der Waals surface area (Å²) in [5.41, 5.74) is 0. The quantitative estimate of drug-likeness (QED) is 0.533. The average molecular weight is 180 g/mol. The minimum atomic E-state index is -0.345. The van der Waals surface area contributed by atoms with Crippen LogP contribution < -0.4 is 0 Å². The zero-order chi connectivity index (χ0) is 9.52. The minimum absolute atomic E-state index is 0.345. The van der Waals surface area contributed by atoms with Gasteiger partial charge in [-0.15, -0.1) is 6.58 Å². The molecule has 0 saturated heterocycles. The van der Waals surface area contributed by atoms with Crippen LogP contribution in [0.25, 0.3) is 0 Å². The molecule has 0 aromatic carbocycles. The molecule has 0 aliphatic heterocycles. The second kappa shape index (κ2) is 5.54. The predicted molar refractivity (Wildman–Crippen MR) is 52.3 cm³/mol. The smallest absolute Gasteiger partial charge is 0.0945 e. The molecule has 1 unspecified atom stereocenters. The lowest BCUT2D eigenvalue weighted by Gasteiger charge is -2.04. The van der Waals surface area contributed by atoms with Crippen LogP contribution in [0.3, 0.4) is 0 Å². The highest BCUT2D eigenvalue weighted by Crippen LogP contribution is 2.03. The number of aliphatic hydroxyl groups is 1. The van der Waals surface area contributed by atoms with Crippen molar-refractivity contribution >= 4 is 0 Å². The Labute approximate surface area is 78.7 Å². The van der Waals surface area contributed by atoms with E-state index in [9.17, 15) is 5.11 Å². The zero-order valence-corrected chi connectivity index (χ0v) is 7.76. The van der Waals surface area contributed by atoms with Crippen LogP contribution in [-0.2, 0) is 6.54 Å². The molecule has 0 bridgehead atoms. The topological polar surface area (TPSA) is 38.0 Å². The summed E-state index contributed by atoms with van der Waals surface area (Å²) in [5, 5.41) is 9.18. The molecule has 0 spiro atoms. The van der Waals surface area contributed by atoms with Gasteiger partial charge in [-0.25, -0.2) is 4.98 Å². The van der Waals surface area contributed by atoms with Gasteiger partial charge in [-0.1, -0.05) is 6.08 Å². The summed E-state index contributed by atoms with van der Waals surface area (Å²) >= 11 is 0. The average Bonchev–Trinajstić information content (AvgIpc) is 2.64. The first kappa shape index (κ1) is 9.99. The third-order valence-electron chi connectivity index (χ3n) is 2.00. The highest BCUT2D eigenvalue weighted by molar-refractivity contribution is 4.78. The number of hydrogen-bond donors (Lipinski definition) is 1. The van der Waals surface area contributed by atoms with E-state index in [0.717, 1.165) is 25.8 Å². The molecule has 0 amide bonds. The van der Waals surface area contributed by atoms with Crippen LogP contribution in [0.1, 0.15) is 19.3 Å². The Morgan fingerprint density at radius 1 is 1.54 bits per heavy atom. The van der Waals surface area contributed by atoms with E-state index >= 15 is 0 Å². The lowest BCUT2D eigenvalue weighted by atomic mass is 10.1. The number of unbranched alkanes of at least 4 members (excludes halogenated alkanes) is 1. The Morgan fingerprint density at radius 3 is 3.00 bits per heavy atom. The number of aryl methyl sites for hydroxylation is 1. The minimum Gasteiger partial charge on any atom is -0.389 e. The molecule has 0 aliphatic rings. The molecule has 0 radical (unpaired) electrons. The van der Waals surface area contributed by atoms with Gasteiger partial charge in [0.2, 0.25) is 0 Å². The van der Waals surface area contributed by atoms with E-state index in [4.69, 9.17) is 0 Å². The van der Waals surface area contributed by atoms with Gasteiger partial charge in [0.15, 0.2) is 0 Å². The van der Waals surface area contributed by atoms with Gasteiger partial charge in [-0.2, -0.15) is 0 Å². The Hall–Kier alpha value is -1.09. The summed E-state index contributed by atoms with van der Waals surface area (Å²) < 4.78 is 2.04. The first-order valence-electron chi connectivity index (χ1n) is 4.59. The van der Waals surface area contributed by atoms with E-state index in [-0.39, 0.29) is 6.10 Å². The van der Waals surface area contributed by atoms with Crippen molar-refractivity contribution in [1.29, 1.82) is 0 Å². The molecular weight excluding hydrogens is 164 g/mol. The number of nitrogens with zero attached hydrogens (tertiary/aromatic N) is 2. The van der Waals surface area contributed by atoms with Crippen molar-refractivity contribution in [3.8, 4) is 0 Å². The molecule has 13 heavy (non-hydrogen) atoms. The fourth-order valence-electron chi connectivity index (χ4n) is 1.18. The molecule has 0 saturated carbocycles. The fourth-order valence-corrected chi connectivity index (χ4v) is 1.18. The van der Waals surface area contributed by atoms with Gasteiger partial charge < -0.3 is 9.67 Å². The van der Waals surface area contributed by atoms with Crippen LogP contribution in [0, 0.1) is 0 Å². The third kappa shape index (κ3) is 3.90. The van der Waals surface area contributed by atoms with E-state index in [0.29, 0.717) is 0 Å². The normalized spacial score (nSPS) is 12.7. The lowest BCUT2D eigenvalue weighted by molar-refractivity contribution is 0.208. The molecule has 1 heterocycles. The summed E-state index contributed by atoms with van der Waals surface area (Å²) in [5.74, 6) is 0. The van der Waals surface area contributed by atoms with Crippen LogP contribution in [0.5, 0.6) is 0 Å². The molecule has 72 valence electrons. The summed E-state index contributed by atoms with van der Waals surface area (Å²) in [7, 11) is 0. The molecule has 1 N–H and O–H groups in total. The van der Waals surface area contributed by atoms with Gasteiger partial charge in [0, 0.05) is 18.9 Å². The second-order valence-corrected chi connectivity index (χ2v) is 3.10. The van der Waals surface area contributed by atoms with Gasteiger partial charge in [0.05, 0.1) is 12.4 Å². The molecule has 0 aliphatic carbocycles. The van der Waals surface area contributed by atoms with Crippen LogP contribution >= 0.6 is 0 Å². The first-order valence-corrected chi connectivity index (χ1v) is 4.59. The second-order valence-electron chi connectivity index (χ2n) is 3.10. The predicted octanol–water partition coefficient (Wildman–Crippen LogP) is 1.60. The van der Waals surface area contributed by atoms with E-state index in [1.54, 1.807) is 12.3 Å². The maximum atomic E-state index is 9.18. The maximum Gasteiger partial charge on any atom is 0.0945 e. The first-order chi connectivity index (χ1) is 6.33. The SMILES string of the molecule is C=CC(O)CCCCn1ccnc1. The summed E-state index contributed by atoms with van der Waals surface area (Å²) in [6.45, 7) is 4.50. The number of imidazole rings is 1. The van der Waals surface area contributed by atoms with Gasteiger partial charge in [-0.3, -0.25) is 0 Å². The van der Waals surface area contributed by atoms with Crippen molar-refractivity contribution in [1.82, 2.24) is 9.55 Å². The van der Waals surface area contributed by atoms with E-state index < -0.39 is 0 Å². The Morgan fingerprint density at radius 2 is 2.38 bits per heavy atom. The lowest BCUT2D eigenvalue weighted by Crippen LogP contribution is -2.02. The number of aliphatic hydroxyl groups excluding tert-OH is 1. The molecule has 3 nitrogen and oxygen atoms in total. The van der Waals surface area contributed by atoms with Crippen LogP contribution in [0.15, 0.2) is 31.4 Å². The van der Waals surface area contributed by atoms with Crippen molar-refractivity contribution in [3.63, 3.8) is 0 Å². The maximum absolute atomic E-state index is 9.18. The van der Waals surface area contributed by atoms with Crippen LogP contribution in [0.2, 0.25) is 0 Å². The number of aromatic nitrogens is 2. The highest BCUT2D eigenvalue weighted by Gasteiger charge is 1.97. The zero-order valence-electron chi connectivity index (χ0n) is 7.76. The number of rotatable bonds is 6. The molecule has 3 heteroatoms. The molecule has 0 fully saturated rings. The van der Waals surface area contributed by atoms with Crippen molar-refractivity contribution in [2.45, 2.75) is 31.9 Å². The number of hydrogen-bond acceptors (Lipinski definition) is 2. The van der Waals surface area contributed by atoms with E-state index in [1.165, 1.54) is 0 Å². The summed E-state index contributed by atoms with van der Waals surface area (Å²) in [4.78, 5) is 3.95. The van der Waals surface area contributed by atoms with E-state index in [2.05, 4.69) is 11.6 Å². The standard InChI is InChI=1S/C10H16N2O/c1-2-10(13)5-3-4-7-12-8-6-11-9-12/h2,6,8-10,13H,1,3-5,7H2. The largest absolute Gasteiger partial charge is 0.389 e. The fraction of sp³-hybridized carbons (Fsp3) is 0.500. The Balaban J connectivity index is 2.05. The van der Waals surface area contributed by atoms with Crippen molar-refractivity contribution < 1.29 is 5.11 Å². The van der Waals surface area contributed by atoms with Crippen LogP contribution in [-0.4, -0.2) is 20.8 Å². The van der Waals surface area contributed by atoms with Crippen molar-refractivity contribution in [2.75, 3.05) is 0 Å². The van der Waals surface area contributed by atoms with Gasteiger partial charge in [0.25, 0.3) is 0 Å². The molecular formula is C10H16N2O. The molecule has 1 rings (SSSR count). The summed E-state index contributed by atoms with van der Waals surface area (Å²) in [6.07, 6.45) is 9.66. The van der Waals surface area contributed by atoms with E-state index in [1.807, 2.05) is 17.1 Å². The van der Waals surface area contributed by atoms with Gasteiger partial charge in [0.1, 0.15) is 0 Å². The Bertz CT molecular complexity index is 231. The molecule has 1 atom stereocenters. The third-order valence-corrected chi connectivity index (χ3v) is 2.00. The highest BCUT2D eigenvalue weighted by atomic mass is 16.3. The molecule has 1 aromatic heterocycles. The summed E-state index contributed by atoms with van der Waals surface area (Å²) in [6, 6.07) is 0. The Kier molecular flexibility index (Phi) is 4.26. The van der Waals surface area contributed by atoms with Crippen molar-refractivity contribution in [3.05, 3.63) is 31.4 Å². The van der Waals surface area contributed by atoms with Crippen LogP contribution in [0.4, 0.5) is 0 Å². The monoisotopic (exact) mass is 180 g/mol. The van der Waals surface area contributed by atoms with Gasteiger partial charge in [-0.05, 0) is 19.3 Å². The van der Waals surface area contributed by atoms with Gasteiger partial charge >= 0.3 is 0 Å².